The zero-order valence-electron chi connectivity index (χ0n) is 8.28. The van der Waals surface area contributed by atoms with Gasteiger partial charge >= 0.3 is 0 Å². The Morgan fingerprint density at radius 3 is 3.08 bits per heavy atom. The summed E-state index contributed by atoms with van der Waals surface area (Å²) in [4.78, 5) is 2.25. The van der Waals surface area contributed by atoms with E-state index in [2.05, 4.69) is 4.90 Å². The number of hydrogen-bond acceptors (Lipinski definition) is 4. The lowest BCUT2D eigenvalue weighted by atomic mass is 10.2. The summed E-state index contributed by atoms with van der Waals surface area (Å²) in [6.45, 7) is 2.85. The van der Waals surface area contributed by atoms with E-state index >= 15 is 0 Å². The van der Waals surface area contributed by atoms with Crippen molar-refractivity contribution in [2.45, 2.75) is 25.0 Å². The number of β-amino-alcohol motifs (C(OH)–C–C–N with tert-alkyl or cyclic N) is 1. The number of hydrogen-bond donors (Lipinski definition) is 2. The number of methoxy groups -OCH3 is 1. The zero-order chi connectivity index (χ0) is 9.68. The first kappa shape index (κ1) is 10.9. The number of ether oxygens (including phenoxy) is 1. The Kier molecular flexibility index (Phi) is 4.66. The molecule has 0 spiro atoms. The molecule has 1 rings (SSSR count). The minimum Gasteiger partial charge on any atom is -0.389 e. The van der Waals surface area contributed by atoms with Gasteiger partial charge in [0.25, 0.3) is 0 Å². The molecule has 0 aromatic rings. The van der Waals surface area contributed by atoms with Crippen LogP contribution in [0.15, 0.2) is 0 Å². The van der Waals surface area contributed by atoms with Crippen molar-refractivity contribution in [2.24, 2.45) is 5.73 Å². The van der Waals surface area contributed by atoms with Crippen molar-refractivity contribution in [1.82, 2.24) is 4.90 Å². The van der Waals surface area contributed by atoms with Crippen LogP contribution in [0.1, 0.15) is 12.8 Å². The summed E-state index contributed by atoms with van der Waals surface area (Å²) in [5, 5.41) is 9.52. The Morgan fingerprint density at radius 2 is 2.46 bits per heavy atom. The molecule has 4 heteroatoms. The van der Waals surface area contributed by atoms with Crippen LogP contribution in [-0.2, 0) is 4.74 Å². The maximum Gasteiger partial charge on any atom is 0.0900 e. The van der Waals surface area contributed by atoms with E-state index in [0.717, 1.165) is 13.0 Å². The summed E-state index contributed by atoms with van der Waals surface area (Å²) in [6.07, 6.45) is 1.98. The summed E-state index contributed by atoms with van der Waals surface area (Å²) in [6, 6.07) is 0.464. The minimum absolute atomic E-state index is 0.378. The summed E-state index contributed by atoms with van der Waals surface area (Å²) in [7, 11) is 1.60. The second-order valence-corrected chi connectivity index (χ2v) is 3.64. The summed E-state index contributed by atoms with van der Waals surface area (Å²) >= 11 is 0. The second kappa shape index (κ2) is 5.54. The third kappa shape index (κ3) is 3.23. The molecule has 78 valence electrons. The molecule has 0 radical (unpaired) electrons. The van der Waals surface area contributed by atoms with Crippen LogP contribution in [0.3, 0.4) is 0 Å². The number of aliphatic hydroxyl groups is 1. The number of rotatable bonds is 5. The Labute approximate surface area is 79.7 Å². The molecule has 1 heterocycles. The zero-order valence-corrected chi connectivity index (χ0v) is 8.28. The molecule has 4 nitrogen and oxygen atoms in total. The fraction of sp³-hybridized carbons (Fsp3) is 1.00. The molecule has 0 bridgehead atoms. The van der Waals surface area contributed by atoms with Gasteiger partial charge in [-0.25, -0.2) is 0 Å². The molecule has 0 aromatic heterocycles. The summed E-state index contributed by atoms with van der Waals surface area (Å²) < 4.78 is 4.87. The molecule has 1 saturated heterocycles. The smallest absolute Gasteiger partial charge is 0.0900 e. The van der Waals surface area contributed by atoms with Crippen molar-refractivity contribution in [2.75, 3.05) is 33.4 Å². The van der Waals surface area contributed by atoms with Gasteiger partial charge in [0, 0.05) is 26.2 Å². The van der Waals surface area contributed by atoms with Gasteiger partial charge in [-0.2, -0.15) is 0 Å². The fourth-order valence-electron chi connectivity index (χ4n) is 1.92. The molecule has 1 fully saturated rings. The van der Waals surface area contributed by atoms with Gasteiger partial charge in [0.15, 0.2) is 0 Å². The SMILES string of the molecule is COCC(O)CN1CCCC1CN. The van der Waals surface area contributed by atoms with Gasteiger partial charge in [-0.15, -0.1) is 0 Å². The molecule has 1 aliphatic heterocycles. The molecular weight excluding hydrogens is 168 g/mol. The Hall–Kier alpha value is -0.160. The van der Waals surface area contributed by atoms with Crippen LogP contribution in [0.4, 0.5) is 0 Å². The molecule has 0 aliphatic carbocycles. The highest BCUT2D eigenvalue weighted by atomic mass is 16.5. The third-order valence-electron chi connectivity index (χ3n) is 2.58. The maximum atomic E-state index is 9.52. The van der Waals surface area contributed by atoms with Crippen LogP contribution in [0, 0.1) is 0 Å². The van der Waals surface area contributed by atoms with Crippen LogP contribution in [0.5, 0.6) is 0 Å². The van der Waals surface area contributed by atoms with Crippen molar-refractivity contribution >= 4 is 0 Å². The topological polar surface area (TPSA) is 58.7 Å². The highest BCUT2D eigenvalue weighted by molar-refractivity contribution is 4.81. The largest absolute Gasteiger partial charge is 0.389 e. The fourth-order valence-corrected chi connectivity index (χ4v) is 1.92. The molecular formula is C9H20N2O2. The van der Waals surface area contributed by atoms with Crippen LogP contribution < -0.4 is 5.73 Å². The molecule has 0 amide bonds. The van der Waals surface area contributed by atoms with Crippen molar-refractivity contribution in [3.8, 4) is 0 Å². The van der Waals surface area contributed by atoms with Crippen molar-refractivity contribution in [1.29, 1.82) is 0 Å². The predicted octanol–water partition coefficient (Wildman–Crippen LogP) is -0.583. The normalized spacial score (nSPS) is 26.5. The van der Waals surface area contributed by atoms with Crippen molar-refractivity contribution < 1.29 is 9.84 Å². The molecule has 3 N–H and O–H groups in total. The van der Waals surface area contributed by atoms with Gasteiger partial charge in [-0.1, -0.05) is 0 Å². The Balaban J connectivity index is 2.26. The number of nitrogens with zero attached hydrogens (tertiary/aromatic N) is 1. The first-order valence-electron chi connectivity index (χ1n) is 4.89. The molecule has 13 heavy (non-hydrogen) atoms. The van der Waals surface area contributed by atoms with Crippen molar-refractivity contribution in [3.63, 3.8) is 0 Å². The first-order chi connectivity index (χ1) is 6.27. The van der Waals surface area contributed by atoms with E-state index in [1.165, 1.54) is 6.42 Å². The van der Waals surface area contributed by atoms with Crippen LogP contribution in [-0.4, -0.2) is 55.5 Å². The van der Waals surface area contributed by atoms with E-state index in [1.54, 1.807) is 7.11 Å². The lowest BCUT2D eigenvalue weighted by Gasteiger charge is -2.25. The molecule has 0 saturated carbocycles. The molecule has 1 aliphatic rings. The van der Waals surface area contributed by atoms with E-state index in [-0.39, 0.29) is 6.10 Å². The first-order valence-corrected chi connectivity index (χ1v) is 4.89. The van der Waals surface area contributed by atoms with E-state index in [0.29, 0.717) is 25.7 Å². The summed E-state index contributed by atoms with van der Waals surface area (Å²) in [5.74, 6) is 0. The predicted molar refractivity (Wildman–Crippen MR) is 51.5 cm³/mol. The van der Waals surface area contributed by atoms with Crippen LogP contribution >= 0.6 is 0 Å². The van der Waals surface area contributed by atoms with Gasteiger partial charge < -0.3 is 15.6 Å². The molecule has 0 aromatic carbocycles. The number of likely N-dealkylation sites (tertiary alicyclic amines) is 1. The van der Waals surface area contributed by atoms with E-state index in [9.17, 15) is 5.11 Å². The Morgan fingerprint density at radius 1 is 1.69 bits per heavy atom. The monoisotopic (exact) mass is 188 g/mol. The number of nitrogens with two attached hydrogens (primary N) is 1. The van der Waals surface area contributed by atoms with Crippen molar-refractivity contribution in [3.05, 3.63) is 0 Å². The van der Waals surface area contributed by atoms with Gasteiger partial charge in [0.1, 0.15) is 0 Å². The highest BCUT2D eigenvalue weighted by Crippen LogP contribution is 2.15. The summed E-state index contributed by atoms with van der Waals surface area (Å²) in [5.41, 5.74) is 5.62. The van der Waals surface area contributed by atoms with E-state index in [4.69, 9.17) is 10.5 Å². The van der Waals surface area contributed by atoms with Crippen LogP contribution in [0.25, 0.3) is 0 Å². The van der Waals surface area contributed by atoms with E-state index < -0.39 is 0 Å². The Bertz CT molecular complexity index is 144. The lowest BCUT2D eigenvalue weighted by molar-refractivity contribution is 0.0355. The maximum absolute atomic E-state index is 9.52. The van der Waals surface area contributed by atoms with Crippen LogP contribution in [0.2, 0.25) is 0 Å². The quantitative estimate of drug-likeness (QED) is 0.606. The van der Waals surface area contributed by atoms with Gasteiger partial charge in [0.2, 0.25) is 0 Å². The number of aliphatic hydroxyl groups excluding tert-OH is 1. The van der Waals surface area contributed by atoms with E-state index in [1.807, 2.05) is 0 Å². The minimum atomic E-state index is -0.378. The second-order valence-electron chi connectivity index (χ2n) is 3.64. The van der Waals surface area contributed by atoms with Gasteiger partial charge in [0.05, 0.1) is 12.7 Å². The van der Waals surface area contributed by atoms with Gasteiger partial charge in [-0.05, 0) is 19.4 Å². The molecule has 2 atom stereocenters. The lowest BCUT2D eigenvalue weighted by Crippen LogP contribution is -2.41. The highest BCUT2D eigenvalue weighted by Gasteiger charge is 2.24. The third-order valence-corrected chi connectivity index (χ3v) is 2.58. The van der Waals surface area contributed by atoms with Gasteiger partial charge in [-0.3, -0.25) is 4.90 Å². The standard InChI is InChI=1S/C9H20N2O2/c1-13-7-9(12)6-11-4-2-3-8(11)5-10/h8-9,12H,2-7,10H2,1H3. The average molecular weight is 188 g/mol. The molecule has 2 unspecified atom stereocenters. The average Bonchev–Trinajstić information content (AvgIpc) is 2.52.